The van der Waals surface area contributed by atoms with Crippen molar-refractivity contribution < 1.29 is 4.79 Å². The highest BCUT2D eigenvalue weighted by atomic mass is 79.9. The number of nitrogens with zero attached hydrogens (tertiary/aromatic N) is 1. The fourth-order valence-corrected chi connectivity index (χ4v) is 3.19. The second kappa shape index (κ2) is 5.23. The Morgan fingerprint density at radius 1 is 1.37 bits per heavy atom. The number of rotatable bonds is 2. The number of halogens is 1. The van der Waals surface area contributed by atoms with Gasteiger partial charge in [0, 0.05) is 21.8 Å². The van der Waals surface area contributed by atoms with E-state index in [9.17, 15) is 4.79 Å². The SMILES string of the molecule is CN1CCC(NC2C(=O)Nc3ccc(Br)cc32)CC1. The van der Waals surface area contributed by atoms with Crippen LogP contribution in [0, 0.1) is 0 Å². The molecule has 2 aliphatic heterocycles. The molecule has 2 N–H and O–H groups in total. The van der Waals surface area contributed by atoms with Crippen LogP contribution >= 0.6 is 15.9 Å². The fourth-order valence-electron chi connectivity index (χ4n) is 2.81. The number of fused-ring (bicyclic) bond motifs is 1. The van der Waals surface area contributed by atoms with Crippen LogP contribution in [0.15, 0.2) is 22.7 Å². The molecule has 3 rings (SSSR count). The zero-order valence-electron chi connectivity index (χ0n) is 10.9. The standard InChI is InChI=1S/C14H18BrN3O/c1-18-6-4-10(5-7-18)16-13-11-8-9(15)2-3-12(11)17-14(13)19/h2-3,8,10,13,16H,4-7H2,1H3,(H,17,19). The molecular weight excluding hydrogens is 306 g/mol. The molecule has 0 aliphatic carbocycles. The molecule has 1 saturated heterocycles. The molecule has 0 saturated carbocycles. The lowest BCUT2D eigenvalue weighted by molar-refractivity contribution is -0.118. The van der Waals surface area contributed by atoms with Crippen LogP contribution in [0.1, 0.15) is 24.4 Å². The van der Waals surface area contributed by atoms with Crippen molar-refractivity contribution in [3.8, 4) is 0 Å². The number of amides is 1. The summed E-state index contributed by atoms with van der Waals surface area (Å²) in [6.45, 7) is 2.19. The molecule has 1 fully saturated rings. The van der Waals surface area contributed by atoms with E-state index in [4.69, 9.17) is 0 Å². The summed E-state index contributed by atoms with van der Waals surface area (Å²) in [5.74, 6) is 0.0621. The van der Waals surface area contributed by atoms with E-state index in [1.54, 1.807) is 0 Å². The van der Waals surface area contributed by atoms with E-state index in [1.807, 2.05) is 18.2 Å². The minimum Gasteiger partial charge on any atom is -0.324 e. The third-order valence-corrected chi connectivity index (χ3v) is 4.46. The average Bonchev–Trinajstić information content (AvgIpc) is 2.69. The van der Waals surface area contributed by atoms with Crippen molar-refractivity contribution in [3.63, 3.8) is 0 Å². The molecule has 1 aromatic carbocycles. The Kier molecular flexibility index (Phi) is 3.60. The number of likely N-dealkylation sites (tertiary alicyclic amines) is 1. The third kappa shape index (κ3) is 2.68. The molecule has 1 atom stereocenters. The first-order valence-electron chi connectivity index (χ1n) is 6.68. The Morgan fingerprint density at radius 2 is 2.11 bits per heavy atom. The van der Waals surface area contributed by atoms with Crippen LogP contribution in [0.2, 0.25) is 0 Å². The zero-order valence-corrected chi connectivity index (χ0v) is 12.5. The number of hydrogen-bond acceptors (Lipinski definition) is 3. The molecule has 19 heavy (non-hydrogen) atoms. The maximum atomic E-state index is 12.1. The Balaban J connectivity index is 1.75. The quantitative estimate of drug-likeness (QED) is 0.876. The van der Waals surface area contributed by atoms with Crippen molar-refractivity contribution in [2.45, 2.75) is 24.9 Å². The highest BCUT2D eigenvalue weighted by Gasteiger charge is 2.32. The molecule has 0 radical (unpaired) electrons. The average molecular weight is 324 g/mol. The molecule has 1 amide bonds. The predicted octanol–water partition coefficient (Wildman–Crippen LogP) is 2.13. The normalized spacial score (nSPS) is 24.3. The van der Waals surface area contributed by atoms with Gasteiger partial charge in [0.25, 0.3) is 0 Å². The summed E-state index contributed by atoms with van der Waals surface area (Å²) in [4.78, 5) is 14.4. The first-order chi connectivity index (χ1) is 9.13. The van der Waals surface area contributed by atoms with E-state index in [0.717, 1.165) is 41.7 Å². The molecule has 5 heteroatoms. The van der Waals surface area contributed by atoms with Gasteiger partial charge in [-0.1, -0.05) is 15.9 Å². The van der Waals surface area contributed by atoms with Crippen molar-refractivity contribution in [1.82, 2.24) is 10.2 Å². The van der Waals surface area contributed by atoms with Gasteiger partial charge in [-0.3, -0.25) is 10.1 Å². The van der Waals surface area contributed by atoms with Gasteiger partial charge >= 0.3 is 0 Å². The van der Waals surface area contributed by atoms with Gasteiger partial charge in [0.1, 0.15) is 6.04 Å². The van der Waals surface area contributed by atoms with Crippen molar-refractivity contribution in [3.05, 3.63) is 28.2 Å². The van der Waals surface area contributed by atoms with Crippen LogP contribution in [0.4, 0.5) is 5.69 Å². The van der Waals surface area contributed by atoms with Crippen LogP contribution in [0.5, 0.6) is 0 Å². The Bertz CT molecular complexity index is 497. The summed E-state index contributed by atoms with van der Waals surface area (Å²) < 4.78 is 1.01. The minimum atomic E-state index is -0.207. The van der Waals surface area contributed by atoms with Crippen LogP contribution in [0.3, 0.4) is 0 Å². The molecule has 0 bridgehead atoms. The Labute approximate surface area is 121 Å². The van der Waals surface area contributed by atoms with E-state index < -0.39 is 0 Å². The smallest absolute Gasteiger partial charge is 0.246 e. The van der Waals surface area contributed by atoms with Crippen LogP contribution in [-0.4, -0.2) is 37.0 Å². The van der Waals surface area contributed by atoms with Crippen molar-refractivity contribution in [2.75, 3.05) is 25.5 Å². The van der Waals surface area contributed by atoms with Crippen molar-refractivity contribution >= 4 is 27.5 Å². The van der Waals surface area contributed by atoms with Gasteiger partial charge in [-0.25, -0.2) is 0 Å². The monoisotopic (exact) mass is 323 g/mol. The van der Waals surface area contributed by atoms with Gasteiger partial charge in [0.05, 0.1) is 0 Å². The third-order valence-electron chi connectivity index (χ3n) is 3.97. The summed E-state index contributed by atoms with van der Waals surface area (Å²) in [7, 11) is 2.14. The van der Waals surface area contributed by atoms with Gasteiger partial charge in [0.15, 0.2) is 0 Å². The number of carbonyl (C=O) groups is 1. The topological polar surface area (TPSA) is 44.4 Å². The lowest BCUT2D eigenvalue weighted by Gasteiger charge is -2.31. The number of nitrogens with one attached hydrogen (secondary N) is 2. The number of hydrogen-bond donors (Lipinski definition) is 2. The lowest BCUT2D eigenvalue weighted by Crippen LogP contribution is -2.43. The van der Waals surface area contributed by atoms with Gasteiger partial charge in [-0.05, 0) is 51.2 Å². The van der Waals surface area contributed by atoms with Gasteiger partial charge in [-0.2, -0.15) is 0 Å². The Hall–Kier alpha value is -0.910. The highest BCUT2D eigenvalue weighted by Crippen LogP contribution is 2.33. The van der Waals surface area contributed by atoms with Crippen LogP contribution in [0.25, 0.3) is 0 Å². The summed E-state index contributed by atoms with van der Waals surface area (Å²) in [6.07, 6.45) is 2.20. The molecule has 2 heterocycles. The summed E-state index contributed by atoms with van der Waals surface area (Å²) in [6, 6.07) is 6.16. The number of carbonyl (C=O) groups excluding carboxylic acids is 1. The number of anilines is 1. The molecule has 0 spiro atoms. The Morgan fingerprint density at radius 3 is 2.84 bits per heavy atom. The first-order valence-corrected chi connectivity index (χ1v) is 7.48. The maximum Gasteiger partial charge on any atom is 0.246 e. The molecule has 1 aromatic rings. The lowest BCUT2D eigenvalue weighted by atomic mass is 10.0. The van der Waals surface area contributed by atoms with Gasteiger partial charge in [-0.15, -0.1) is 0 Å². The van der Waals surface area contributed by atoms with Crippen molar-refractivity contribution in [2.24, 2.45) is 0 Å². The molecule has 102 valence electrons. The highest BCUT2D eigenvalue weighted by molar-refractivity contribution is 9.10. The number of piperidine rings is 1. The molecule has 2 aliphatic rings. The maximum absolute atomic E-state index is 12.1. The molecular formula is C14H18BrN3O. The van der Waals surface area contributed by atoms with E-state index in [0.29, 0.717) is 6.04 Å². The van der Waals surface area contributed by atoms with Crippen LogP contribution < -0.4 is 10.6 Å². The largest absolute Gasteiger partial charge is 0.324 e. The van der Waals surface area contributed by atoms with E-state index >= 15 is 0 Å². The number of benzene rings is 1. The molecule has 0 aromatic heterocycles. The molecule has 4 nitrogen and oxygen atoms in total. The first kappa shape index (κ1) is 13.1. The van der Waals surface area contributed by atoms with Gasteiger partial charge < -0.3 is 10.2 Å². The zero-order chi connectivity index (χ0) is 13.4. The fraction of sp³-hybridized carbons (Fsp3) is 0.500. The van der Waals surface area contributed by atoms with E-state index in [1.165, 1.54) is 0 Å². The second-order valence-electron chi connectivity index (χ2n) is 5.40. The summed E-state index contributed by atoms with van der Waals surface area (Å²) in [5.41, 5.74) is 1.98. The summed E-state index contributed by atoms with van der Waals surface area (Å²) in [5, 5.41) is 6.45. The summed E-state index contributed by atoms with van der Waals surface area (Å²) >= 11 is 3.47. The van der Waals surface area contributed by atoms with Gasteiger partial charge in [0.2, 0.25) is 5.91 Å². The van der Waals surface area contributed by atoms with E-state index in [-0.39, 0.29) is 11.9 Å². The van der Waals surface area contributed by atoms with Crippen LogP contribution in [-0.2, 0) is 4.79 Å². The van der Waals surface area contributed by atoms with Crippen molar-refractivity contribution in [1.29, 1.82) is 0 Å². The predicted molar refractivity (Wildman–Crippen MR) is 79.2 cm³/mol. The second-order valence-corrected chi connectivity index (χ2v) is 6.31. The minimum absolute atomic E-state index is 0.0621. The molecule has 1 unspecified atom stereocenters. The van der Waals surface area contributed by atoms with E-state index in [2.05, 4.69) is 38.5 Å².